The second-order valence-electron chi connectivity index (χ2n) is 6.09. The Morgan fingerprint density at radius 1 is 1.14 bits per heavy atom. The first kappa shape index (κ1) is 15.1. The molecule has 0 aliphatic carbocycles. The third-order valence-corrected chi connectivity index (χ3v) is 4.63. The average molecular weight is 299 g/mol. The first-order chi connectivity index (χ1) is 10.8. The quantitative estimate of drug-likeness (QED) is 0.860. The van der Waals surface area contributed by atoms with Crippen LogP contribution in [0.15, 0.2) is 35.3 Å². The van der Waals surface area contributed by atoms with Crippen molar-refractivity contribution in [1.82, 2.24) is 9.80 Å². The molecule has 3 rings (SSSR count). The van der Waals surface area contributed by atoms with Crippen molar-refractivity contribution in [3.63, 3.8) is 0 Å². The molecule has 0 N–H and O–H groups in total. The number of carbonyl (C=O) groups is 1. The summed E-state index contributed by atoms with van der Waals surface area (Å²) < 4.78 is 0. The van der Waals surface area contributed by atoms with E-state index < -0.39 is 0 Å². The number of guanidine groups is 1. The van der Waals surface area contributed by atoms with Gasteiger partial charge in [-0.05, 0) is 31.2 Å². The summed E-state index contributed by atoms with van der Waals surface area (Å²) in [6.45, 7) is 5.62. The Labute approximate surface area is 132 Å². The molecule has 0 radical (unpaired) electrons. The van der Waals surface area contributed by atoms with Crippen LogP contribution in [0, 0.1) is 0 Å². The number of carbonyl (C=O) groups excluding carboxylic acids is 1. The van der Waals surface area contributed by atoms with Crippen LogP contribution in [0.2, 0.25) is 0 Å². The lowest BCUT2D eigenvalue weighted by atomic mass is 9.95. The van der Waals surface area contributed by atoms with Gasteiger partial charge in [0.2, 0.25) is 11.9 Å². The predicted octanol–water partition coefficient (Wildman–Crippen LogP) is 2.86. The number of amides is 1. The Morgan fingerprint density at radius 3 is 2.55 bits per heavy atom. The van der Waals surface area contributed by atoms with E-state index >= 15 is 0 Å². The third-order valence-electron chi connectivity index (χ3n) is 4.63. The highest BCUT2D eigenvalue weighted by Crippen LogP contribution is 2.24. The molecule has 0 bridgehead atoms. The number of benzene rings is 1. The summed E-state index contributed by atoms with van der Waals surface area (Å²) >= 11 is 0. The van der Waals surface area contributed by atoms with Crippen LogP contribution in [-0.2, 0) is 4.79 Å². The van der Waals surface area contributed by atoms with E-state index in [1.807, 2.05) is 23.1 Å². The highest BCUT2D eigenvalue weighted by molar-refractivity contribution is 6.01. The average Bonchev–Trinajstić information content (AvgIpc) is 3.07. The molecule has 1 aromatic rings. The third kappa shape index (κ3) is 3.01. The fourth-order valence-electron chi connectivity index (χ4n) is 3.44. The van der Waals surface area contributed by atoms with Crippen molar-refractivity contribution in [2.45, 2.75) is 38.5 Å². The Hall–Kier alpha value is -1.84. The van der Waals surface area contributed by atoms with Crippen LogP contribution in [0.5, 0.6) is 0 Å². The zero-order valence-electron chi connectivity index (χ0n) is 13.4. The predicted molar refractivity (Wildman–Crippen MR) is 88.9 cm³/mol. The Bertz CT molecular complexity index is 535. The van der Waals surface area contributed by atoms with E-state index in [1.165, 1.54) is 19.3 Å². The minimum atomic E-state index is -0.0608. The van der Waals surface area contributed by atoms with E-state index in [0.29, 0.717) is 0 Å². The van der Waals surface area contributed by atoms with Crippen LogP contribution in [0.1, 0.15) is 44.1 Å². The number of hydrogen-bond acceptors (Lipinski definition) is 3. The largest absolute Gasteiger partial charge is 0.342 e. The van der Waals surface area contributed by atoms with Crippen molar-refractivity contribution in [1.29, 1.82) is 0 Å². The fourth-order valence-corrected chi connectivity index (χ4v) is 3.44. The van der Waals surface area contributed by atoms with Crippen molar-refractivity contribution in [2.75, 3.05) is 26.2 Å². The van der Waals surface area contributed by atoms with Crippen LogP contribution < -0.4 is 0 Å². The molecular formula is C18H25N3O. The molecule has 0 saturated carbocycles. The number of likely N-dealkylation sites (tertiary alicyclic amines) is 1. The maximum absolute atomic E-state index is 13.0. The minimum Gasteiger partial charge on any atom is -0.342 e. The van der Waals surface area contributed by atoms with Gasteiger partial charge >= 0.3 is 0 Å². The molecule has 22 heavy (non-hydrogen) atoms. The molecule has 118 valence electrons. The summed E-state index contributed by atoms with van der Waals surface area (Å²) in [4.78, 5) is 21.9. The molecule has 1 fully saturated rings. The van der Waals surface area contributed by atoms with Crippen LogP contribution in [0.4, 0.5) is 0 Å². The summed E-state index contributed by atoms with van der Waals surface area (Å²) in [5, 5.41) is 0. The maximum atomic E-state index is 13.0. The monoisotopic (exact) mass is 299 g/mol. The van der Waals surface area contributed by atoms with Crippen molar-refractivity contribution >= 4 is 11.9 Å². The summed E-state index contributed by atoms with van der Waals surface area (Å²) in [6, 6.07) is 10.1. The van der Waals surface area contributed by atoms with Gasteiger partial charge in [0.05, 0.1) is 12.5 Å². The molecule has 0 spiro atoms. The van der Waals surface area contributed by atoms with Gasteiger partial charge in [0.15, 0.2) is 0 Å². The molecule has 1 atom stereocenters. The van der Waals surface area contributed by atoms with Crippen molar-refractivity contribution in [2.24, 2.45) is 4.99 Å². The van der Waals surface area contributed by atoms with Gasteiger partial charge in [-0.2, -0.15) is 0 Å². The summed E-state index contributed by atoms with van der Waals surface area (Å²) in [7, 11) is 0. The van der Waals surface area contributed by atoms with Crippen molar-refractivity contribution in [3.8, 4) is 0 Å². The number of hydrogen-bond donors (Lipinski definition) is 0. The second kappa shape index (κ2) is 6.95. The van der Waals surface area contributed by atoms with E-state index in [9.17, 15) is 4.79 Å². The molecular weight excluding hydrogens is 274 g/mol. The standard InChI is InChI=1S/C18H25N3O/c1-2-16(15-9-5-3-6-10-15)17(22)21-14-11-19-18(21)20-12-7-4-8-13-20/h3,5-6,9-10,16H,2,4,7-8,11-14H2,1H3/t16-/m0/s1. The van der Waals surface area contributed by atoms with Gasteiger partial charge in [0, 0.05) is 19.6 Å². The van der Waals surface area contributed by atoms with Crippen molar-refractivity contribution < 1.29 is 4.79 Å². The Morgan fingerprint density at radius 2 is 1.86 bits per heavy atom. The molecule has 1 saturated heterocycles. The first-order valence-electron chi connectivity index (χ1n) is 8.47. The number of nitrogens with zero attached hydrogens (tertiary/aromatic N) is 3. The van der Waals surface area contributed by atoms with Crippen LogP contribution in [0.25, 0.3) is 0 Å². The maximum Gasteiger partial charge on any atom is 0.236 e. The van der Waals surface area contributed by atoms with Crippen molar-refractivity contribution in [3.05, 3.63) is 35.9 Å². The van der Waals surface area contributed by atoms with Gasteiger partial charge in [-0.1, -0.05) is 37.3 Å². The van der Waals surface area contributed by atoms with E-state index in [2.05, 4.69) is 28.9 Å². The minimum absolute atomic E-state index is 0.0608. The van der Waals surface area contributed by atoms with Gasteiger partial charge < -0.3 is 4.90 Å². The fraction of sp³-hybridized carbons (Fsp3) is 0.556. The van der Waals surface area contributed by atoms with Gasteiger partial charge in [0.1, 0.15) is 0 Å². The topological polar surface area (TPSA) is 35.9 Å². The highest BCUT2D eigenvalue weighted by atomic mass is 16.2. The van der Waals surface area contributed by atoms with Crippen LogP contribution in [-0.4, -0.2) is 47.8 Å². The summed E-state index contributed by atoms with van der Waals surface area (Å²) in [5.74, 6) is 1.06. The lowest BCUT2D eigenvalue weighted by Gasteiger charge is -2.34. The van der Waals surface area contributed by atoms with Gasteiger partial charge in [-0.3, -0.25) is 14.7 Å². The molecule has 2 heterocycles. The SMILES string of the molecule is CC[C@H](C(=O)N1CCN=C1N1CCCCC1)c1ccccc1. The lowest BCUT2D eigenvalue weighted by Crippen LogP contribution is -2.48. The van der Waals surface area contributed by atoms with E-state index in [0.717, 1.165) is 44.1 Å². The van der Waals surface area contributed by atoms with E-state index in [1.54, 1.807) is 0 Å². The van der Waals surface area contributed by atoms with Gasteiger partial charge in [-0.15, -0.1) is 0 Å². The number of aliphatic imine (C=N–C) groups is 1. The molecule has 2 aliphatic heterocycles. The number of piperidine rings is 1. The van der Waals surface area contributed by atoms with E-state index in [4.69, 9.17) is 0 Å². The first-order valence-corrected chi connectivity index (χ1v) is 8.47. The molecule has 1 amide bonds. The zero-order chi connectivity index (χ0) is 15.4. The summed E-state index contributed by atoms with van der Waals surface area (Å²) in [6.07, 6.45) is 4.53. The summed E-state index contributed by atoms with van der Waals surface area (Å²) in [5.41, 5.74) is 1.11. The smallest absolute Gasteiger partial charge is 0.236 e. The highest BCUT2D eigenvalue weighted by Gasteiger charge is 2.32. The molecule has 4 heteroatoms. The molecule has 1 aromatic carbocycles. The van der Waals surface area contributed by atoms with Crippen LogP contribution >= 0.6 is 0 Å². The second-order valence-corrected chi connectivity index (χ2v) is 6.09. The van der Waals surface area contributed by atoms with E-state index in [-0.39, 0.29) is 11.8 Å². The molecule has 0 unspecified atom stereocenters. The number of rotatable bonds is 3. The molecule has 2 aliphatic rings. The molecule has 0 aromatic heterocycles. The lowest BCUT2D eigenvalue weighted by molar-refractivity contribution is -0.129. The van der Waals surface area contributed by atoms with Crippen LogP contribution in [0.3, 0.4) is 0 Å². The van der Waals surface area contributed by atoms with Gasteiger partial charge in [-0.25, -0.2) is 0 Å². The zero-order valence-corrected chi connectivity index (χ0v) is 13.4. The normalized spacial score (nSPS) is 20.0. The Balaban J connectivity index is 1.77. The Kier molecular flexibility index (Phi) is 4.76. The molecule has 4 nitrogen and oxygen atoms in total. The van der Waals surface area contributed by atoms with Gasteiger partial charge in [0.25, 0.3) is 0 Å².